The highest BCUT2D eigenvalue weighted by atomic mass is 16.4. The minimum absolute atomic E-state index is 0.127. The van der Waals surface area contributed by atoms with Gasteiger partial charge in [0.2, 0.25) is 11.8 Å². The lowest BCUT2D eigenvalue weighted by Gasteiger charge is -2.04. The van der Waals surface area contributed by atoms with Gasteiger partial charge >= 0.3 is 0 Å². The number of unbranched alkanes of at least 4 members (excludes halogenated alkanes) is 30. The molecule has 10 nitrogen and oxygen atoms in total. The second-order valence-corrected chi connectivity index (χ2v) is 18.4. The first-order valence-corrected chi connectivity index (χ1v) is 26.2. The fourth-order valence-electron chi connectivity index (χ4n) is 8.64. The van der Waals surface area contributed by atoms with E-state index in [-0.39, 0.29) is 23.4 Å². The van der Waals surface area contributed by atoms with Crippen LogP contribution < -0.4 is 0 Å². The molecule has 0 unspecified atom stereocenters. The van der Waals surface area contributed by atoms with E-state index in [1.54, 1.807) is 0 Å². The van der Waals surface area contributed by atoms with Crippen LogP contribution in [-0.4, -0.2) is 40.8 Å². The van der Waals surface area contributed by atoms with Crippen LogP contribution in [0.2, 0.25) is 0 Å². The molecular weight excluding hydrogens is 793 g/mol. The summed E-state index contributed by atoms with van der Waals surface area (Å²) in [6, 6.07) is 16.7. The van der Waals surface area contributed by atoms with Gasteiger partial charge in [-0.05, 0) is 61.1 Å². The van der Waals surface area contributed by atoms with Crippen LogP contribution >= 0.6 is 0 Å². The van der Waals surface area contributed by atoms with E-state index >= 15 is 0 Å². The van der Waals surface area contributed by atoms with Gasteiger partial charge in [-0.25, -0.2) is 0 Å². The summed E-state index contributed by atoms with van der Waals surface area (Å²) in [5.41, 5.74) is 4.34. The largest absolute Gasteiger partial charge is 0.413 e. The van der Waals surface area contributed by atoms with Gasteiger partial charge in [0, 0.05) is 11.1 Å². The number of rotatable bonds is 38. The van der Waals surface area contributed by atoms with Gasteiger partial charge in [-0.15, -0.1) is 40.8 Å². The Kier molecular flexibility index (Phi) is 25.6. The summed E-state index contributed by atoms with van der Waals surface area (Å²) in [4.78, 5) is 0. The predicted molar refractivity (Wildman–Crippen MR) is 262 cm³/mol. The molecule has 5 rings (SSSR count). The van der Waals surface area contributed by atoms with Gasteiger partial charge in [-0.3, -0.25) is 0 Å². The molecule has 5 aromatic rings. The van der Waals surface area contributed by atoms with E-state index < -0.39 is 0 Å². The Balaban J connectivity index is 0.908. The van der Waals surface area contributed by atoms with Crippen LogP contribution in [0.15, 0.2) is 57.4 Å². The summed E-state index contributed by atoms with van der Waals surface area (Å²) in [7, 11) is 0. The Labute approximate surface area is 386 Å². The fraction of sp³-hybridized carbons (Fsp3) is 0.667. The van der Waals surface area contributed by atoms with Gasteiger partial charge in [-0.2, -0.15) is 0 Å². The Bertz CT molecular complexity index is 1740. The average molecular weight is 875 g/mol. The molecule has 0 aliphatic carbocycles. The predicted octanol–water partition coefficient (Wildman–Crippen LogP) is 16.3. The smallest absolute Gasteiger partial charge is 0.289 e. The molecule has 0 spiro atoms. The van der Waals surface area contributed by atoms with Crippen molar-refractivity contribution in [3.05, 3.63) is 59.7 Å². The molecule has 0 saturated carbocycles. The molecule has 0 atom stereocenters. The first-order valence-electron chi connectivity index (χ1n) is 26.2. The van der Waals surface area contributed by atoms with Crippen molar-refractivity contribution in [1.29, 1.82) is 0 Å². The van der Waals surface area contributed by atoms with Crippen LogP contribution in [0.4, 0.5) is 0 Å². The van der Waals surface area contributed by atoms with Crippen molar-refractivity contribution in [3.63, 3.8) is 0 Å². The Hall–Kier alpha value is -4.34. The Morgan fingerprint density at radius 2 is 0.500 bits per heavy atom. The molecule has 0 N–H and O–H groups in total. The summed E-state index contributed by atoms with van der Waals surface area (Å²) in [6.45, 7) is 4.58. The lowest BCUT2D eigenvalue weighted by atomic mass is 10.0. The molecule has 0 saturated heterocycles. The SMILES string of the molecule is CCCCCCCCCCCCCCCCCCc1ccc(-c2nnc(-c3nnc(-c4nnc(-c5ccc(CCCCCCCCCCCCCCCCCC)cc5)o4)nn3)o2)cc1. The van der Waals surface area contributed by atoms with E-state index in [9.17, 15) is 0 Å². The second-order valence-electron chi connectivity index (χ2n) is 18.4. The van der Waals surface area contributed by atoms with E-state index in [4.69, 9.17) is 8.83 Å². The lowest BCUT2D eigenvalue weighted by Crippen LogP contribution is -1.99. The molecule has 64 heavy (non-hydrogen) atoms. The van der Waals surface area contributed by atoms with Crippen molar-refractivity contribution in [2.75, 3.05) is 0 Å². The summed E-state index contributed by atoms with van der Waals surface area (Å²) >= 11 is 0. The fourth-order valence-corrected chi connectivity index (χ4v) is 8.64. The van der Waals surface area contributed by atoms with Crippen LogP contribution in [0.5, 0.6) is 0 Å². The lowest BCUT2D eigenvalue weighted by molar-refractivity contribution is 0.529. The third-order valence-corrected chi connectivity index (χ3v) is 12.8. The van der Waals surface area contributed by atoms with Crippen molar-refractivity contribution in [2.45, 2.75) is 232 Å². The first kappa shape index (κ1) is 50.7. The summed E-state index contributed by atoms with van der Waals surface area (Å²) in [6.07, 6.45) is 46.5. The topological polar surface area (TPSA) is 129 Å². The van der Waals surface area contributed by atoms with Gasteiger partial charge in [-0.1, -0.05) is 231 Å². The maximum absolute atomic E-state index is 5.90. The minimum atomic E-state index is 0.127. The van der Waals surface area contributed by atoms with Crippen molar-refractivity contribution in [2.24, 2.45) is 0 Å². The van der Waals surface area contributed by atoms with Gasteiger partial charge in [0.05, 0.1) is 0 Å². The zero-order valence-corrected chi connectivity index (χ0v) is 40.1. The molecule has 0 fully saturated rings. The summed E-state index contributed by atoms with van der Waals surface area (Å²) in [5.74, 6) is 1.34. The van der Waals surface area contributed by atoms with Gasteiger partial charge < -0.3 is 8.83 Å². The van der Waals surface area contributed by atoms with Crippen LogP contribution in [-0.2, 0) is 12.8 Å². The van der Waals surface area contributed by atoms with Crippen molar-refractivity contribution >= 4 is 0 Å². The zero-order chi connectivity index (χ0) is 44.5. The standard InChI is InChI=1S/C54H82N8O2/c1-3-5-7-9-11-13-15-17-19-21-23-25-27-29-31-33-35-45-37-41-47(42-38-45)51-59-61-53(63-51)49-55-57-50(58-56-49)54-62-60-52(64-54)48-43-39-46(40-44-48)36-34-32-30-28-26-24-22-20-18-16-14-12-10-8-6-4-2/h37-44H,3-36H2,1-2H3. The highest BCUT2D eigenvalue weighted by Crippen LogP contribution is 2.25. The normalized spacial score (nSPS) is 11.5. The quantitative estimate of drug-likeness (QED) is 0.0353. The van der Waals surface area contributed by atoms with Gasteiger partial charge in [0.1, 0.15) is 0 Å². The summed E-state index contributed by atoms with van der Waals surface area (Å²) in [5, 5.41) is 33.4. The number of aryl methyl sites for hydroxylation is 2. The van der Waals surface area contributed by atoms with E-state index in [0.29, 0.717) is 11.8 Å². The molecule has 0 bridgehead atoms. The number of hydrogen-bond acceptors (Lipinski definition) is 10. The van der Waals surface area contributed by atoms with Crippen molar-refractivity contribution < 1.29 is 8.83 Å². The van der Waals surface area contributed by atoms with Crippen molar-refractivity contribution in [1.82, 2.24) is 40.8 Å². The van der Waals surface area contributed by atoms with E-state index in [1.165, 1.54) is 217 Å². The monoisotopic (exact) mass is 875 g/mol. The highest BCUT2D eigenvalue weighted by molar-refractivity contribution is 5.56. The maximum atomic E-state index is 5.90. The number of hydrogen-bond donors (Lipinski definition) is 0. The van der Waals surface area contributed by atoms with E-state index in [0.717, 1.165) is 24.0 Å². The highest BCUT2D eigenvalue weighted by Gasteiger charge is 2.18. The van der Waals surface area contributed by atoms with Crippen LogP contribution in [0.1, 0.15) is 230 Å². The molecular formula is C54H82N8O2. The molecule has 3 aromatic heterocycles. The molecule has 0 amide bonds. The number of benzene rings is 2. The number of aromatic nitrogens is 8. The van der Waals surface area contributed by atoms with Crippen LogP contribution in [0.3, 0.4) is 0 Å². The average Bonchev–Trinajstić information content (AvgIpc) is 4.04. The van der Waals surface area contributed by atoms with E-state index in [1.807, 2.05) is 24.3 Å². The molecule has 10 heteroatoms. The molecule has 2 aromatic carbocycles. The van der Waals surface area contributed by atoms with Crippen molar-refractivity contribution in [3.8, 4) is 46.3 Å². The molecule has 350 valence electrons. The Morgan fingerprint density at radius 3 is 0.766 bits per heavy atom. The molecule has 0 aliphatic rings. The maximum Gasteiger partial charge on any atom is 0.289 e. The molecule has 0 aliphatic heterocycles. The summed E-state index contributed by atoms with van der Waals surface area (Å²) < 4.78 is 11.8. The third kappa shape index (κ3) is 20.2. The molecule has 0 radical (unpaired) electrons. The van der Waals surface area contributed by atoms with E-state index in [2.05, 4.69) is 78.9 Å². The first-order chi connectivity index (χ1) is 31.7. The van der Waals surface area contributed by atoms with Crippen LogP contribution in [0.25, 0.3) is 46.3 Å². The Morgan fingerprint density at radius 1 is 0.266 bits per heavy atom. The molecule has 3 heterocycles. The van der Waals surface area contributed by atoms with Crippen LogP contribution in [0, 0.1) is 0 Å². The minimum Gasteiger partial charge on any atom is -0.413 e. The zero-order valence-electron chi connectivity index (χ0n) is 40.1. The second kappa shape index (κ2) is 32.3. The third-order valence-electron chi connectivity index (χ3n) is 12.8. The van der Waals surface area contributed by atoms with Gasteiger partial charge in [0.25, 0.3) is 23.4 Å². The number of nitrogens with zero attached hydrogens (tertiary/aromatic N) is 8. The van der Waals surface area contributed by atoms with Gasteiger partial charge in [0.15, 0.2) is 0 Å².